The molecule has 0 amide bonds. The van der Waals surface area contributed by atoms with E-state index in [1.807, 2.05) is 22.9 Å². The number of ketones is 1. The van der Waals surface area contributed by atoms with Gasteiger partial charge in [-0.1, -0.05) is 24.8 Å². The Morgan fingerprint density at radius 1 is 1.33 bits per heavy atom. The number of nitrogens with zero attached hydrogens (tertiary/aromatic N) is 3. The zero-order valence-corrected chi connectivity index (χ0v) is 16.4. The number of aromatic nitrogens is 3. The van der Waals surface area contributed by atoms with Crippen molar-refractivity contribution < 1.29 is 14.3 Å². The third kappa shape index (κ3) is 3.07. The van der Waals surface area contributed by atoms with Gasteiger partial charge in [-0.05, 0) is 24.3 Å². The van der Waals surface area contributed by atoms with E-state index in [0.29, 0.717) is 29.0 Å². The van der Waals surface area contributed by atoms with E-state index in [-0.39, 0.29) is 17.7 Å². The molecule has 0 saturated carbocycles. The summed E-state index contributed by atoms with van der Waals surface area (Å²) in [6.07, 6.45) is 3.38. The molecule has 0 spiro atoms. The van der Waals surface area contributed by atoms with Gasteiger partial charge in [0.15, 0.2) is 0 Å². The number of methoxy groups -OCH3 is 2. The first-order chi connectivity index (χ1) is 13.2. The van der Waals surface area contributed by atoms with Crippen molar-refractivity contribution in [3.63, 3.8) is 0 Å². The van der Waals surface area contributed by atoms with Crippen LogP contribution in [-0.2, 0) is 4.79 Å². The third-order valence-electron chi connectivity index (χ3n) is 4.92. The van der Waals surface area contributed by atoms with Crippen LogP contribution in [0.3, 0.4) is 0 Å². The second-order valence-corrected chi connectivity index (χ2v) is 7.65. The lowest BCUT2D eigenvalue weighted by atomic mass is 9.80. The molecule has 1 aliphatic carbocycles. The van der Waals surface area contributed by atoms with Crippen molar-refractivity contribution in [3.05, 3.63) is 35.5 Å². The second kappa shape index (κ2) is 7.26. The molecule has 4 rings (SSSR count). The molecule has 2 aromatic rings. The van der Waals surface area contributed by atoms with Crippen molar-refractivity contribution in [1.82, 2.24) is 14.8 Å². The largest absolute Gasteiger partial charge is 0.497 e. The number of Topliss-reactive ketones (excluding diaryl/α,β-unsaturated/α-hetero) is 1. The highest BCUT2D eigenvalue weighted by atomic mass is 32.2. The van der Waals surface area contributed by atoms with E-state index < -0.39 is 0 Å². The fourth-order valence-corrected chi connectivity index (χ4v) is 4.27. The average molecular weight is 386 g/mol. The Morgan fingerprint density at radius 2 is 2.19 bits per heavy atom. The zero-order chi connectivity index (χ0) is 19.0. The van der Waals surface area contributed by atoms with Crippen molar-refractivity contribution in [2.75, 3.05) is 25.3 Å². The number of allylic oxidation sites excluding steroid dienone is 2. The summed E-state index contributed by atoms with van der Waals surface area (Å²) in [6, 6.07) is 5.37. The standard InChI is InChI=1S/C19H22N4O3S/c1-4-27-19-21-18-20-13-6-5-7-14(24)16(13)17(23(18)22-19)12-9-8-11(25-2)10-15(12)26-3/h6,8-10,16-17H,4-5,7H2,1-3H3,(H,20,21,22)/t16-,17-/m0/s1. The van der Waals surface area contributed by atoms with Gasteiger partial charge in [-0.3, -0.25) is 4.79 Å². The number of carbonyl (C=O) groups excluding carboxylic acids is 1. The van der Waals surface area contributed by atoms with Gasteiger partial charge in [0.1, 0.15) is 17.3 Å². The normalized spacial score (nSPS) is 21.0. The van der Waals surface area contributed by atoms with Crippen LogP contribution in [0.25, 0.3) is 0 Å². The SMILES string of the molecule is CCSc1nc2n(n1)[C@@H](c1ccc(OC)cc1OC)[C@@H]1C(=O)CCC=C1N2. The average Bonchev–Trinajstić information content (AvgIpc) is 3.08. The molecule has 1 aliphatic heterocycles. The number of rotatable bonds is 5. The Morgan fingerprint density at radius 3 is 2.93 bits per heavy atom. The number of thioether (sulfide) groups is 1. The molecule has 142 valence electrons. The number of nitrogens with one attached hydrogen (secondary N) is 1. The van der Waals surface area contributed by atoms with Crippen LogP contribution in [0.2, 0.25) is 0 Å². The maximum Gasteiger partial charge on any atom is 0.227 e. The van der Waals surface area contributed by atoms with Gasteiger partial charge in [-0.25, -0.2) is 4.68 Å². The predicted molar refractivity (Wildman–Crippen MR) is 104 cm³/mol. The number of hydrogen-bond acceptors (Lipinski definition) is 7. The van der Waals surface area contributed by atoms with E-state index in [1.165, 1.54) is 0 Å². The molecule has 2 aliphatic rings. The first-order valence-corrected chi connectivity index (χ1v) is 9.95. The van der Waals surface area contributed by atoms with Crippen LogP contribution >= 0.6 is 11.8 Å². The summed E-state index contributed by atoms with van der Waals surface area (Å²) in [6.45, 7) is 2.06. The number of ether oxygens (including phenoxy) is 2. The van der Waals surface area contributed by atoms with Crippen molar-refractivity contribution in [1.29, 1.82) is 0 Å². The molecular weight excluding hydrogens is 364 g/mol. The molecule has 0 bridgehead atoms. The molecule has 2 atom stereocenters. The Labute approximate surface area is 162 Å². The summed E-state index contributed by atoms with van der Waals surface area (Å²) < 4.78 is 12.8. The van der Waals surface area contributed by atoms with Gasteiger partial charge in [0, 0.05) is 23.7 Å². The van der Waals surface area contributed by atoms with E-state index in [0.717, 1.165) is 23.4 Å². The summed E-state index contributed by atoms with van der Waals surface area (Å²) in [4.78, 5) is 17.5. The lowest BCUT2D eigenvalue weighted by Crippen LogP contribution is -2.38. The molecule has 0 saturated heterocycles. The lowest BCUT2D eigenvalue weighted by molar-refractivity contribution is -0.123. The van der Waals surface area contributed by atoms with Crippen LogP contribution in [0.4, 0.5) is 5.95 Å². The quantitative estimate of drug-likeness (QED) is 0.790. The molecule has 7 nitrogen and oxygen atoms in total. The molecule has 0 fully saturated rings. The monoisotopic (exact) mass is 386 g/mol. The molecule has 1 N–H and O–H groups in total. The highest BCUT2D eigenvalue weighted by Gasteiger charge is 2.42. The van der Waals surface area contributed by atoms with E-state index in [2.05, 4.69) is 28.4 Å². The Bertz CT molecular complexity index is 908. The Hall–Kier alpha value is -2.48. The Kier molecular flexibility index (Phi) is 4.82. The molecule has 8 heteroatoms. The number of hydrogen-bond donors (Lipinski definition) is 1. The maximum atomic E-state index is 12.9. The molecule has 27 heavy (non-hydrogen) atoms. The van der Waals surface area contributed by atoms with Crippen molar-refractivity contribution in [2.45, 2.75) is 31.0 Å². The van der Waals surface area contributed by atoms with Crippen LogP contribution in [-0.4, -0.2) is 40.5 Å². The molecule has 0 unspecified atom stereocenters. The van der Waals surface area contributed by atoms with Gasteiger partial charge >= 0.3 is 0 Å². The van der Waals surface area contributed by atoms with Gasteiger partial charge in [-0.2, -0.15) is 4.98 Å². The molecule has 1 aromatic carbocycles. The van der Waals surface area contributed by atoms with Gasteiger partial charge in [0.25, 0.3) is 0 Å². The minimum atomic E-state index is -0.324. The van der Waals surface area contributed by atoms with Crippen LogP contribution in [0.1, 0.15) is 31.4 Å². The molecule has 2 heterocycles. The minimum Gasteiger partial charge on any atom is -0.497 e. The molecule has 1 aromatic heterocycles. The van der Waals surface area contributed by atoms with E-state index in [1.54, 1.807) is 26.0 Å². The van der Waals surface area contributed by atoms with E-state index in [9.17, 15) is 4.79 Å². The second-order valence-electron chi connectivity index (χ2n) is 6.42. The molecular formula is C19H22N4O3S. The number of anilines is 1. The summed E-state index contributed by atoms with van der Waals surface area (Å²) in [5, 5.41) is 8.70. The summed E-state index contributed by atoms with van der Waals surface area (Å²) >= 11 is 1.58. The third-order valence-corrected chi connectivity index (χ3v) is 5.64. The number of fused-ring (bicyclic) bond motifs is 2. The highest BCUT2D eigenvalue weighted by Crippen LogP contribution is 2.45. The van der Waals surface area contributed by atoms with Crippen molar-refractivity contribution >= 4 is 23.5 Å². The number of benzene rings is 1. The van der Waals surface area contributed by atoms with Crippen LogP contribution in [0.15, 0.2) is 35.1 Å². The van der Waals surface area contributed by atoms with E-state index in [4.69, 9.17) is 9.47 Å². The first-order valence-electron chi connectivity index (χ1n) is 8.97. The minimum absolute atomic E-state index is 0.203. The lowest BCUT2D eigenvalue weighted by Gasteiger charge is -2.36. The van der Waals surface area contributed by atoms with Crippen LogP contribution < -0.4 is 14.8 Å². The van der Waals surface area contributed by atoms with Crippen molar-refractivity contribution in [2.24, 2.45) is 5.92 Å². The van der Waals surface area contributed by atoms with Gasteiger partial charge in [0.05, 0.1) is 26.2 Å². The topological polar surface area (TPSA) is 78.3 Å². The predicted octanol–water partition coefficient (Wildman–Crippen LogP) is 3.29. The zero-order valence-electron chi connectivity index (χ0n) is 15.6. The van der Waals surface area contributed by atoms with Crippen LogP contribution in [0, 0.1) is 5.92 Å². The summed E-state index contributed by atoms with van der Waals surface area (Å²) in [5.41, 5.74) is 1.80. The van der Waals surface area contributed by atoms with Crippen LogP contribution in [0.5, 0.6) is 11.5 Å². The number of carbonyl (C=O) groups is 1. The Balaban J connectivity index is 1.89. The fraction of sp³-hybridized carbons (Fsp3) is 0.421. The van der Waals surface area contributed by atoms with E-state index >= 15 is 0 Å². The van der Waals surface area contributed by atoms with Gasteiger partial charge in [-0.15, -0.1) is 5.10 Å². The summed E-state index contributed by atoms with van der Waals surface area (Å²) in [7, 11) is 3.24. The van der Waals surface area contributed by atoms with Gasteiger partial charge in [0.2, 0.25) is 11.1 Å². The molecule has 0 radical (unpaired) electrons. The highest BCUT2D eigenvalue weighted by molar-refractivity contribution is 7.99. The van der Waals surface area contributed by atoms with Gasteiger partial charge < -0.3 is 14.8 Å². The smallest absolute Gasteiger partial charge is 0.227 e. The maximum absolute atomic E-state index is 12.9. The first kappa shape index (κ1) is 17.9. The summed E-state index contributed by atoms with van der Waals surface area (Å²) in [5.74, 6) is 2.79. The fourth-order valence-electron chi connectivity index (χ4n) is 3.72. The van der Waals surface area contributed by atoms with Crippen molar-refractivity contribution in [3.8, 4) is 11.5 Å².